The maximum Gasteiger partial charge on any atom is 0.265 e. The molecule has 0 saturated carbocycles. The van der Waals surface area contributed by atoms with Crippen LogP contribution in [0.3, 0.4) is 0 Å². The Kier molecular flexibility index (Phi) is 8.48. The van der Waals surface area contributed by atoms with E-state index in [-0.39, 0.29) is 16.7 Å². The number of nitrogens with one attached hydrogen (secondary N) is 1. The molecular formula is C43H40N2O3. The fraction of sp³-hybridized carbons (Fsp3) is 0.186. The molecule has 0 unspecified atom stereocenters. The molecule has 0 aromatic heterocycles. The summed E-state index contributed by atoms with van der Waals surface area (Å²) in [6.07, 6.45) is 0. The molecule has 6 aromatic rings. The molecule has 3 amide bonds. The van der Waals surface area contributed by atoms with Gasteiger partial charge in [-0.3, -0.25) is 14.4 Å². The van der Waals surface area contributed by atoms with E-state index in [0.29, 0.717) is 33.2 Å². The SMILES string of the molecule is CC(C)(C)c1ccccc1NC(=O)c1ccc(C(=O)N(C(=O)c2cccc3ccccc23)c2ccccc2C(C)(C)C)c2ccccc12. The first-order valence-electron chi connectivity index (χ1n) is 16.2. The molecule has 0 aliphatic carbocycles. The number of para-hydroxylation sites is 2. The first-order valence-corrected chi connectivity index (χ1v) is 16.2. The highest BCUT2D eigenvalue weighted by molar-refractivity contribution is 6.31. The van der Waals surface area contributed by atoms with E-state index in [1.54, 1.807) is 18.2 Å². The Morgan fingerprint density at radius 1 is 0.479 bits per heavy atom. The van der Waals surface area contributed by atoms with Crippen LogP contribution in [-0.2, 0) is 10.8 Å². The van der Waals surface area contributed by atoms with Gasteiger partial charge in [0.15, 0.2) is 0 Å². The van der Waals surface area contributed by atoms with Crippen molar-refractivity contribution in [3.05, 3.63) is 155 Å². The summed E-state index contributed by atoms with van der Waals surface area (Å²) < 4.78 is 0. The molecule has 0 fully saturated rings. The van der Waals surface area contributed by atoms with Crippen LogP contribution in [0, 0.1) is 0 Å². The van der Waals surface area contributed by atoms with Gasteiger partial charge in [-0.25, -0.2) is 4.90 Å². The maximum absolute atomic E-state index is 14.9. The molecule has 5 nitrogen and oxygen atoms in total. The van der Waals surface area contributed by atoms with Gasteiger partial charge >= 0.3 is 0 Å². The van der Waals surface area contributed by atoms with Crippen molar-refractivity contribution in [2.75, 3.05) is 10.2 Å². The average molecular weight is 633 g/mol. The molecule has 0 atom stereocenters. The lowest BCUT2D eigenvalue weighted by molar-refractivity contribution is 0.0897. The van der Waals surface area contributed by atoms with Crippen LogP contribution in [0.2, 0.25) is 0 Å². The first kappa shape index (κ1) is 32.4. The molecule has 6 aromatic carbocycles. The quantitative estimate of drug-likeness (QED) is 0.192. The van der Waals surface area contributed by atoms with E-state index in [1.165, 1.54) is 4.90 Å². The van der Waals surface area contributed by atoms with Gasteiger partial charge in [-0.1, -0.05) is 139 Å². The van der Waals surface area contributed by atoms with Gasteiger partial charge in [-0.05, 0) is 73.8 Å². The number of amides is 3. The van der Waals surface area contributed by atoms with Crippen molar-refractivity contribution in [2.45, 2.75) is 52.4 Å². The Bertz CT molecular complexity index is 2200. The first-order chi connectivity index (χ1) is 22.9. The minimum atomic E-state index is -0.467. The number of anilines is 2. The van der Waals surface area contributed by atoms with Crippen molar-refractivity contribution in [3.63, 3.8) is 0 Å². The van der Waals surface area contributed by atoms with Crippen molar-refractivity contribution >= 4 is 50.6 Å². The molecule has 0 heterocycles. The Hall–Kier alpha value is -5.55. The van der Waals surface area contributed by atoms with Gasteiger partial charge < -0.3 is 5.32 Å². The molecule has 5 heteroatoms. The largest absolute Gasteiger partial charge is 0.322 e. The molecule has 0 bridgehead atoms. The number of fused-ring (bicyclic) bond motifs is 2. The zero-order valence-electron chi connectivity index (χ0n) is 28.3. The Morgan fingerprint density at radius 3 is 1.62 bits per heavy atom. The predicted octanol–water partition coefficient (Wildman–Crippen LogP) is 10.3. The average Bonchev–Trinajstić information content (AvgIpc) is 3.07. The van der Waals surface area contributed by atoms with E-state index in [9.17, 15) is 14.4 Å². The molecule has 6 rings (SSSR count). The third-order valence-corrected chi connectivity index (χ3v) is 8.76. The lowest BCUT2D eigenvalue weighted by Gasteiger charge is -2.30. The molecule has 0 saturated heterocycles. The molecule has 48 heavy (non-hydrogen) atoms. The van der Waals surface area contributed by atoms with Gasteiger partial charge in [0.1, 0.15) is 0 Å². The summed E-state index contributed by atoms with van der Waals surface area (Å²) in [5.41, 5.74) is 3.82. The summed E-state index contributed by atoms with van der Waals surface area (Å²) >= 11 is 0. The van der Waals surface area contributed by atoms with Crippen molar-refractivity contribution in [3.8, 4) is 0 Å². The molecule has 240 valence electrons. The molecule has 0 aliphatic heterocycles. The fourth-order valence-electron chi connectivity index (χ4n) is 6.39. The van der Waals surface area contributed by atoms with Crippen LogP contribution in [0.1, 0.15) is 83.7 Å². The lowest BCUT2D eigenvalue weighted by atomic mass is 9.85. The smallest absolute Gasteiger partial charge is 0.265 e. The molecular weight excluding hydrogens is 592 g/mol. The number of nitrogens with zero attached hydrogens (tertiary/aromatic N) is 1. The predicted molar refractivity (Wildman–Crippen MR) is 197 cm³/mol. The highest BCUT2D eigenvalue weighted by atomic mass is 16.2. The van der Waals surface area contributed by atoms with Gasteiger partial charge in [-0.2, -0.15) is 0 Å². The van der Waals surface area contributed by atoms with Crippen LogP contribution in [-0.4, -0.2) is 17.7 Å². The number of carbonyl (C=O) groups is 3. The van der Waals surface area contributed by atoms with E-state index in [1.807, 2.05) is 109 Å². The Balaban J connectivity index is 1.50. The maximum atomic E-state index is 14.9. The number of rotatable bonds is 5. The van der Waals surface area contributed by atoms with Crippen LogP contribution in [0.25, 0.3) is 21.5 Å². The van der Waals surface area contributed by atoms with E-state index < -0.39 is 11.8 Å². The summed E-state index contributed by atoms with van der Waals surface area (Å²) in [7, 11) is 0. The second-order valence-corrected chi connectivity index (χ2v) is 14.2. The molecule has 0 aliphatic rings. The van der Waals surface area contributed by atoms with Crippen molar-refractivity contribution in [2.24, 2.45) is 0 Å². The molecule has 1 N–H and O–H groups in total. The molecule has 0 spiro atoms. The third kappa shape index (κ3) is 6.12. The van der Waals surface area contributed by atoms with E-state index in [0.717, 1.165) is 27.6 Å². The summed E-state index contributed by atoms with van der Waals surface area (Å²) in [6.45, 7) is 12.5. The van der Waals surface area contributed by atoms with Crippen LogP contribution in [0.5, 0.6) is 0 Å². The minimum Gasteiger partial charge on any atom is -0.322 e. The fourth-order valence-corrected chi connectivity index (χ4v) is 6.39. The second-order valence-electron chi connectivity index (χ2n) is 14.2. The van der Waals surface area contributed by atoms with Crippen LogP contribution >= 0.6 is 0 Å². The summed E-state index contributed by atoms with van der Waals surface area (Å²) in [6, 6.07) is 39.3. The van der Waals surface area contributed by atoms with Crippen LogP contribution in [0.15, 0.2) is 127 Å². The third-order valence-electron chi connectivity index (χ3n) is 8.76. The normalized spacial score (nSPS) is 11.8. The molecule has 0 radical (unpaired) electrons. The number of carbonyl (C=O) groups excluding carboxylic acids is 3. The second kappa shape index (κ2) is 12.6. The highest BCUT2D eigenvalue weighted by Gasteiger charge is 2.32. The van der Waals surface area contributed by atoms with E-state index in [4.69, 9.17) is 0 Å². The summed E-state index contributed by atoms with van der Waals surface area (Å²) in [4.78, 5) is 44.8. The zero-order valence-corrected chi connectivity index (χ0v) is 28.3. The minimum absolute atomic E-state index is 0.175. The Labute approximate surface area is 282 Å². The van der Waals surface area contributed by atoms with Gasteiger partial charge in [0, 0.05) is 22.4 Å². The van der Waals surface area contributed by atoms with E-state index >= 15 is 0 Å². The van der Waals surface area contributed by atoms with Crippen LogP contribution in [0.4, 0.5) is 11.4 Å². The van der Waals surface area contributed by atoms with Gasteiger partial charge in [0.25, 0.3) is 17.7 Å². The van der Waals surface area contributed by atoms with Gasteiger partial charge in [0.2, 0.25) is 0 Å². The topological polar surface area (TPSA) is 66.5 Å². The number of hydrogen-bond acceptors (Lipinski definition) is 3. The Morgan fingerprint density at radius 2 is 0.958 bits per heavy atom. The standard InChI is InChI=1S/C43H40N2O3/c1-42(2,3)35-22-11-13-24-37(35)44-39(46)32-26-27-34(31-20-10-9-19-30(31)32)41(48)45(38-25-14-12-23-36(38)43(4,5)6)40(47)33-21-15-17-28-16-7-8-18-29(28)33/h7-27H,1-6H3,(H,44,46). The highest BCUT2D eigenvalue weighted by Crippen LogP contribution is 2.36. The van der Waals surface area contributed by atoms with Crippen molar-refractivity contribution in [1.29, 1.82) is 0 Å². The monoisotopic (exact) mass is 632 g/mol. The number of benzene rings is 6. The van der Waals surface area contributed by atoms with Gasteiger partial charge in [0.05, 0.1) is 5.69 Å². The van der Waals surface area contributed by atoms with Gasteiger partial charge in [-0.15, -0.1) is 0 Å². The summed E-state index contributed by atoms with van der Waals surface area (Å²) in [5.74, 6) is -1.16. The van der Waals surface area contributed by atoms with Crippen molar-refractivity contribution in [1.82, 2.24) is 0 Å². The zero-order chi connectivity index (χ0) is 34.2. The summed E-state index contributed by atoms with van der Waals surface area (Å²) in [5, 5.41) is 6.00. The van der Waals surface area contributed by atoms with E-state index in [2.05, 4.69) is 46.9 Å². The number of hydrogen-bond donors (Lipinski definition) is 1. The van der Waals surface area contributed by atoms with Crippen LogP contribution < -0.4 is 10.2 Å². The lowest BCUT2D eigenvalue weighted by Crippen LogP contribution is -2.39. The number of imide groups is 1. The van der Waals surface area contributed by atoms with Crippen molar-refractivity contribution < 1.29 is 14.4 Å².